The van der Waals surface area contributed by atoms with Crippen LogP contribution < -0.4 is 5.32 Å². The zero-order valence-electron chi connectivity index (χ0n) is 10.5. The van der Waals surface area contributed by atoms with Gasteiger partial charge in [-0.15, -0.1) is 11.3 Å². The lowest BCUT2D eigenvalue weighted by atomic mass is 9.97. The lowest BCUT2D eigenvalue weighted by Crippen LogP contribution is -2.42. The molecular weight excluding hydrogens is 298 g/mol. The molecule has 106 valence electrons. The summed E-state index contributed by atoms with van der Waals surface area (Å²) in [6.45, 7) is 0.949. The first-order valence-corrected chi connectivity index (χ1v) is 7.96. The van der Waals surface area contributed by atoms with E-state index in [0.717, 1.165) is 9.53 Å². The Labute approximate surface area is 123 Å². The molecule has 1 fully saturated rings. The Balaban J connectivity index is 1.60. The molecule has 0 bridgehead atoms. The second-order valence-electron chi connectivity index (χ2n) is 4.64. The minimum Gasteiger partial charge on any atom is -0.481 e. The predicted molar refractivity (Wildman–Crippen MR) is 78.4 cm³/mol. The standard InChI is InChI=1S/C12H13N3O3S2/c16-9(17)7-1-4-15(5-2-7)12(18)14-11-13-8-3-6-19-10(8)20-11/h3,6-7H,1-2,4-5H2,(H,16,17)(H,13,14,18). The Bertz CT molecular complexity index is 615. The number of thiazole rings is 1. The molecule has 2 N–H and O–H groups in total. The number of hydrogen-bond donors (Lipinski definition) is 2. The zero-order valence-corrected chi connectivity index (χ0v) is 12.2. The molecule has 1 aliphatic rings. The number of carbonyl (C=O) groups is 2. The molecule has 0 aromatic carbocycles. The van der Waals surface area contributed by atoms with Crippen molar-refractivity contribution < 1.29 is 14.7 Å². The minimum atomic E-state index is -0.773. The molecule has 0 spiro atoms. The van der Waals surface area contributed by atoms with Gasteiger partial charge >= 0.3 is 12.0 Å². The van der Waals surface area contributed by atoms with E-state index < -0.39 is 5.97 Å². The highest BCUT2D eigenvalue weighted by Crippen LogP contribution is 2.30. The maximum atomic E-state index is 12.1. The van der Waals surface area contributed by atoms with Crippen LogP contribution in [0.4, 0.5) is 9.93 Å². The van der Waals surface area contributed by atoms with Crippen LogP contribution in [0.5, 0.6) is 0 Å². The average Bonchev–Trinajstić information content (AvgIpc) is 2.99. The number of nitrogens with one attached hydrogen (secondary N) is 1. The fourth-order valence-electron chi connectivity index (χ4n) is 2.22. The molecule has 0 aliphatic carbocycles. The van der Waals surface area contributed by atoms with Crippen LogP contribution in [-0.2, 0) is 4.79 Å². The number of urea groups is 1. The summed E-state index contributed by atoms with van der Waals surface area (Å²) in [6, 6.07) is 1.72. The summed E-state index contributed by atoms with van der Waals surface area (Å²) < 4.78 is 1.09. The largest absolute Gasteiger partial charge is 0.481 e. The van der Waals surface area contributed by atoms with Gasteiger partial charge in [-0.05, 0) is 24.3 Å². The summed E-state index contributed by atoms with van der Waals surface area (Å²) in [7, 11) is 0. The molecule has 2 aromatic heterocycles. The molecule has 1 saturated heterocycles. The molecule has 0 radical (unpaired) electrons. The molecule has 3 rings (SSSR count). The van der Waals surface area contributed by atoms with Gasteiger partial charge in [0.1, 0.15) is 4.01 Å². The summed E-state index contributed by atoms with van der Waals surface area (Å²) in [4.78, 5) is 28.9. The molecule has 2 amide bonds. The third-order valence-corrected chi connectivity index (χ3v) is 5.38. The van der Waals surface area contributed by atoms with Crippen LogP contribution in [0.1, 0.15) is 12.8 Å². The molecule has 1 aliphatic heterocycles. The van der Waals surface area contributed by atoms with Crippen molar-refractivity contribution in [2.24, 2.45) is 5.92 Å². The van der Waals surface area contributed by atoms with Gasteiger partial charge in [-0.1, -0.05) is 11.3 Å². The van der Waals surface area contributed by atoms with Crippen LogP contribution in [0.3, 0.4) is 0 Å². The van der Waals surface area contributed by atoms with Crippen LogP contribution in [0.15, 0.2) is 11.4 Å². The van der Waals surface area contributed by atoms with Gasteiger partial charge in [0.15, 0.2) is 5.13 Å². The number of anilines is 1. The van der Waals surface area contributed by atoms with Gasteiger partial charge < -0.3 is 10.0 Å². The Kier molecular flexibility index (Phi) is 3.58. The first-order valence-electron chi connectivity index (χ1n) is 6.26. The summed E-state index contributed by atoms with van der Waals surface area (Å²) in [6.07, 6.45) is 1.02. The Morgan fingerprint density at radius 3 is 2.80 bits per heavy atom. The number of carboxylic acids is 1. The lowest BCUT2D eigenvalue weighted by molar-refractivity contribution is -0.143. The number of amides is 2. The number of piperidine rings is 1. The van der Waals surface area contributed by atoms with E-state index in [-0.39, 0.29) is 11.9 Å². The van der Waals surface area contributed by atoms with Crippen LogP contribution in [0.25, 0.3) is 9.53 Å². The number of rotatable bonds is 2. The van der Waals surface area contributed by atoms with E-state index in [0.29, 0.717) is 31.1 Å². The van der Waals surface area contributed by atoms with E-state index in [1.807, 2.05) is 11.4 Å². The third kappa shape index (κ3) is 2.61. The van der Waals surface area contributed by atoms with Crippen LogP contribution in [-0.4, -0.2) is 40.1 Å². The summed E-state index contributed by atoms with van der Waals surface area (Å²) in [5.74, 6) is -1.10. The quantitative estimate of drug-likeness (QED) is 0.893. The maximum absolute atomic E-state index is 12.1. The molecule has 3 heterocycles. The first kappa shape index (κ1) is 13.3. The molecule has 2 aromatic rings. The molecule has 0 saturated carbocycles. The van der Waals surface area contributed by atoms with Crippen molar-refractivity contribution in [3.63, 3.8) is 0 Å². The van der Waals surface area contributed by atoms with E-state index in [9.17, 15) is 9.59 Å². The number of carboxylic acid groups (broad SMARTS) is 1. The molecule has 0 atom stereocenters. The Morgan fingerprint density at radius 2 is 2.15 bits per heavy atom. The number of hydrogen-bond acceptors (Lipinski definition) is 5. The van der Waals surface area contributed by atoms with Gasteiger partial charge in [0, 0.05) is 13.1 Å². The van der Waals surface area contributed by atoms with Gasteiger partial charge in [0.25, 0.3) is 0 Å². The molecular formula is C12H13N3O3S2. The van der Waals surface area contributed by atoms with Gasteiger partial charge in [0.2, 0.25) is 0 Å². The van der Waals surface area contributed by atoms with Crippen molar-refractivity contribution in [2.75, 3.05) is 18.4 Å². The van der Waals surface area contributed by atoms with Crippen molar-refractivity contribution in [1.82, 2.24) is 9.88 Å². The maximum Gasteiger partial charge on any atom is 0.323 e. The Hall–Kier alpha value is -1.67. The summed E-state index contributed by atoms with van der Waals surface area (Å²) in [5, 5.41) is 14.3. The van der Waals surface area contributed by atoms with Crippen LogP contribution >= 0.6 is 22.7 Å². The highest BCUT2D eigenvalue weighted by molar-refractivity contribution is 7.39. The van der Waals surface area contributed by atoms with Crippen molar-refractivity contribution in [2.45, 2.75) is 12.8 Å². The molecule has 6 nitrogen and oxygen atoms in total. The summed E-state index contributed by atoms with van der Waals surface area (Å²) >= 11 is 3.06. The van der Waals surface area contributed by atoms with Gasteiger partial charge in [-0.25, -0.2) is 9.78 Å². The summed E-state index contributed by atoms with van der Waals surface area (Å²) in [5.41, 5.74) is 0.903. The second kappa shape index (κ2) is 5.37. The molecule has 8 heteroatoms. The number of thiophene rings is 1. The fraction of sp³-hybridized carbons (Fsp3) is 0.417. The number of fused-ring (bicyclic) bond motifs is 1. The number of nitrogens with zero attached hydrogens (tertiary/aromatic N) is 2. The van der Waals surface area contributed by atoms with E-state index in [1.54, 1.807) is 16.2 Å². The second-order valence-corrected chi connectivity index (χ2v) is 6.82. The normalized spacial score (nSPS) is 16.5. The van der Waals surface area contributed by atoms with E-state index >= 15 is 0 Å². The topological polar surface area (TPSA) is 82.5 Å². The van der Waals surface area contributed by atoms with Crippen molar-refractivity contribution in [3.05, 3.63) is 11.4 Å². The minimum absolute atomic E-state index is 0.199. The van der Waals surface area contributed by atoms with E-state index in [1.165, 1.54) is 11.3 Å². The smallest absolute Gasteiger partial charge is 0.323 e. The zero-order chi connectivity index (χ0) is 14.1. The van der Waals surface area contributed by atoms with Gasteiger partial charge in [-0.3, -0.25) is 10.1 Å². The molecule has 0 unspecified atom stereocenters. The van der Waals surface area contributed by atoms with Gasteiger partial charge in [0.05, 0.1) is 11.4 Å². The first-order chi connectivity index (χ1) is 9.63. The highest BCUT2D eigenvalue weighted by Gasteiger charge is 2.27. The predicted octanol–water partition coefficient (Wildman–Crippen LogP) is 2.69. The number of aromatic nitrogens is 1. The third-order valence-electron chi connectivity index (χ3n) is 3.37. The van der Waals surface area contributed by atoms with Gasteiger partial charge in [-0.2, -0.15) is 0 Å². The SMILES string of the molecule is O=C(O)C1CCN(C(=O)Nc2nc3ccsc3s2)CC1. The van der Waals surface area contributed by atoms with E-state index in [4.69, 9.17) is 5.11 Å². The van der Waals surface area contributed by atoms with E-state index in [2.05, 4.69) is 10.3 Å². The van der Waals surface area contributed by atoms with Crippen molar-refractivity contribution in [3.8, 4) is 0 Å². The fourth-order valence-corrected chi connectivity index (χ4v) is 4.05. The van der Waals surface area contributed by atoms with Crippen LogP contribution in [0, 0.1) is 5.92 Å². The van der Waals surface area contributed by atoms with Crippen LogP contribution in [0.2, 0.25) is 0 Å². The number of likely N-dealkylation sites (tertiary alicyclic amines) is 1. The monoisotopic (exact) mass is 311 g/mol. The lowest BCUT2D eigenvalue weighted by Gasteiger charge is -2.29. The number of aliphatic carboxylic acids is 1. The highest BCUT2D eigenvalue weighted by atomic mass is 32.2. The average molecular weight is 311 g/mol. The van der Waals surface area contributed by atoms with Crippen molar-refractivity contribution in [1.29, 1.82) is 0 Å². The molecule has 20 heavy (non-hydrogen) atoms. The Morgan fingerprint density at radius 1 is 1.40 bits per heavy atom. The number of carbonyl (C=O) groups excluding carboxylic acids is 1. The van der Waals surface area contributed by atoms with Crippen molar-refractivity contribution >= 4 is 49.3 Å².